The zero-order valence-electron chi connectivity index (χ0n) is 13.3. The molecule has 5 nitrogen and oxygen atoms in total. The first kappa shape index (κ1) is 17.9. The standard InChI is InChI=1S/C17H16N2O3S3/c20-15(4-3-12-5-9-23-11-12)18-6-7-19-16(21)14(25-17(19)22)10-13-2-1-8-24-13/h1-2,5,8-11H,3-4,6-7H2,(H,18,20). The zero-order chi connectivity index (χ0) is 17.6. The average Bonchev–Trinajstić information content (AvgIpc) is 3.32. The molecule has 2 aromatic rings. The van der Waals surface area contributed by atoms with Crippen molar-refractivity contribution in [1.82, 2.24) is 10.2 Å². The second-order valence-corrected chi connectivity index (χ2v) is 8.08. The summed E-state index contributed by atoms with van der Waals surface area (Å²) in [7, 11) is 0. The molecule has 0 saturated carbocycles. The predicted molar refractivity (Wildman–Crippen MR) is 103 cm³/mol. The van der Waals surface area contributed by atoms with Gasteiger partial charge in [0.15, 0.2) is 0 Å². The highest BCUT2D eigenvalue weighted by Gasteiger charge is 2.34. The molecule has 2 aromatic heterocycles. The molecule has 3 heterocycles. The van der Waals surface area contributed by atoms with E-state index in [4.69, 9.17) is 0 Å². The lowest BCUT2D eigenvalue weighted by Gasteiger charge is -2.12. The molecule has 0 bridgehead atoms. The molecule has 1 aliphatic rings. The minimum absolute atomic E-state index is 0.0766. The average molecular weight is 393 g/mol. The number of hydrogen-bond acceptors (Lipinski definition) is 6. The van der Waals surface area contributed by atoms with Gasteiger partial charge in [0.1, 0.15) is 0 Å². The van der Waals surface area contributed by atoms with Gasteiger partial charge in [-0.2, -0.15) is 11.3 Å². The number of hydrogen-bond donors (Lipinski definition) is 1. The third kappa shape index (κ3) is 4.81. The largest absolute Gasteiger partial charge is 0.354 e. The summed E-state index contributed by atoms with van der Waals surface area (Å²) in [4.78, 5) is 38.7. The van der Waals surface area contributed by atoms with Crippen molar-refractivity contribution >= 4 is 57.6 Å². The summed E-state index contributed by atoms with van der Waals surface area (Å²) in [6.45, 7) is 0.462. The van der Waals surface area contributed by atoms with Crippen LogP contribution in [0.2, 0.25) is 0 Å². The molecule has 25 heavy (non-hydrogen) atoms. The first-order chi connectivity index (χ1) is 12.1. The smallest absolute Gasteiger partial charge is 0.293 e. The van der Waals surface area contributed by atoms with Crippen molar-refractivity contribution in [3.63, 3.8) is 0 Å². The van der Waals surface area contributed by atoms with Gasteiger partial charge in [0.25, 0.3) is 11.1 Å². The number of nitrogens with one attached hydrogen (secondary N) is 1. The molecule has 3 rings (SSSR count). The minimum atomic E-state index is -0.295. The quantitative estimate of drug-likeness (QED) is 0.731. The minimum Gasteiger partial charge on any atom is -0.354 e. The van der Waals surface area contributed by atoms with Gasteiger partial charge in [-0.15, -0.1) is 11.3 Å². The van der Waals surface area contributed by atoms with Crippen LogP contribution in [-0.4, -0.2) is 35.0 Å². The Morgan fingerprint density at radius 3 is 2.84 bits per heavy atom. The van der Waals surface area contributed by atoms with Gasteiger partial charge in [0.2, 0.25) is 5.91 Å². The summed E-state index contributed by atoms with van der Waals surface area (Å²) >= 11 is 4.06. The zero-order valence-corrected chi connectivity index (χ0v) is 15.7. The van der Waals surface area contributed by atoms with Gasteiger partial charge in [-0.3, -0.25) is 19.3 Å². The van der Waals surface area contributed by atoms with Crippen molar-refractivity contribution in [2.24, 2.45) is 0 Å². The Morgan fingerprint density at radius 1 is 1.24 bits per heavy atom. The maximum atomic E-state index is 12.3. The molecule has 0 unspecified atom stereocenters. The number of carbonyl (C=O) groups is 3. The Bertz CT molecular complexity index is 782. The molecule has 3 amide bonds. The summed E-state index contributed by atoms with van der Waals surface area (Å²) in [6, 6.07) is 5.79. The van der Waals surface area contributed by atoms with Crippen LogP contribution in [0.1, 0.15) is 16.9 Å². The highest BCUT2D eigenvalue weighted by atomic mass is 32.2. The van der Waals surface area contributed by atoms with Gasteiger partial charge in [-0.25, -0.2) is 0 Å². The summed E-state index contributed by atoms with van der Waals surface area (Å²) in [5.41, 5.74) is 1.14. The molecule has 0 aliphatic carbocycles. The van der Waals surface area contributed by atoms with Crippen LogP contribution in [0, 0.1) is 0 Å². The normalized spacial score (nSPS) is 16.0. The fraction of sp³-hybridized carbons (Fsp3) is 0.235. The number of carbonyl (C=O) groups excluding carboxylic acids is 3. The molecule has 1 aliphatic heterocycles. The molecule has 8 heteroatoms. The number of nitrogens with zero attached hydrogens (tertiary/aromatic N) is 1. The monoisotopic (exact) mass is 392 g/mol. The lowest BCUT2D eigenvalue weighted by atomic mass is 10.2. The van der Waals surface area contributed by atoms with Crippen LogP contribution in [0.25, 0.3) is 6.08 Å². The van der Waals surface area contributed by atoms with E-state index < -0.39 is 0 Å². The van der Waals surface area contributed by atoms with E-state index in [0.29, 0.717) is 17.7 Å². The van der Waals surface area contributed by atoms with E-state index in [0.717, 1.165) is 22.2 Å². The molecule has 0 atom stereocenters. The van der Waals surface area contributed by atoms with Gasteiger partial charge >= 0.3 is 0 Å². The molecule has 130 valence electrons. The van der Waals surface area contributed by atoms with Crippen LogP contribution < -0.4 is 5.32 Å². The van der Waals surface area contributed by atoms with Crippen molar-refractivity contribution in [3.8, 4) is 0 Å². The third-order valence-corrected chi connectivity index (χ3v) is 6.03. The van der Waals surface area contributed by atoms with E-state index in [1.807, 2.05) is 34.3 Å². The van der Waals surface area contributed by atoms with E-state index in [9.17, 15) is 14.4 Å². The van der Waals surface area contributed by atoms with Crippen molar-refractivity contribution in [2.45, 2.75) is 12.8 Å². The Hall–Kier alpha value is -1.90. The first-order valence-corrected chi connectivity index (χ1v) is 10.3. The fourth-order valence-electron chi connectivity index (χ4n) is 2.28. The Morgan fingerprint density at radius 2 is 2.12 bits per heavy atom. The van der Waals surface area contributed by atoms with Crippen LogP contribution in [0.15, 0.2) is 39.2 Å². The molecular formula is C17H16N2O3S3. The van der Waals surface area contributed by atoms with Crippen molar-refractivity contribution in [2.75, 3.05) is 13.1 Å². The Kier molecular flexibility index (Phi) is 6.06. The number of thioether (sulfide) groups is 1. The number of rotatable bonds is 7. The highest BCUT2D eigenvalue weighted by molar-refractivity contribution is 8.18. The molecule has 1 saturated heterocycles. The summed E-state index contributed by atoms with van der Waals surface area (Å²) in [5, 5.41) is 8.40. The van der Waals surface area contributed by atoms with Crippen LogP contribution in [0.5, 0.6) is 0 Å². The highest BCUT2D eigenvalue weighted by Crippen LogP contribution is 2.32. The van der Waals surface area contributed by atoms with Crippen LogP contribution in [0.4, 0.5) is 4.79 Å². The first-order valence-electron chi connectivity index (χ1n) is 7.70. The molecule has 0 spiro atoms. The van der Waals surface area contributed by atoms with Gasteiger partial charge in [0, 0.05) is 24.4 Å². The predicted octanol–water partition coefficient (Wildman–Crippen LogP) is 3.59. The van der Waals surface area contributed by atoms with Crippen molar-refractivity contribution in [3.05, 3.63) is 49.7 Å². The van der Waals surface area contributed by atoms with Gasteiger partial charge in [-0.05, 0) is 58.1 Å². The van der Waals surface area contributed by atoms with Gasteiger partial charge in [0.05, 0.1) is 4.91 Å². The van der Waals surface area contributed by atoms with Crippen LogP contribution in [-0.2, 0) is 16.0 Å². The fourth-order valence-corrected chi connectivity index (χ4v) is 4.57. The van der Waals surface area contributed by atoms with Gasteiger partial charge < -0.3 is 5.32 Å². The molecule has 0 aromatic carbocycles. The Balaban J connectivity index is 1.45. The SMILES string of the molecule is O=C(CCc1ccsc1)NCCN1C(=O)SC(=Cc2cccs2)C1=O. The molecule has 0 radical (unpaired) electrons. The summed E-state index contributed by atoms with van der Waals surface area (Å²) in [5.74, 6) is -0.372. The lowest BCUT2D eigenvalue weighted by molar-refractivity contribution is -0.124. The molecule has 1 N–H and O–H groups in total. The summed E-state index contributed by atoms with van der Waals surface area (Å²) in [6.07, 6.45) is 2.83. The van der Waals surface area contributed by atoms with E-state index in [1.54, 1.807) is 17.4 Å². The van der Waals surface area contributed by atoms with Gasteiger partial charge in [-0.1, -0.05) is 6.07 Å². The maximum Gasteiger partial charge on any atom is 0.293 e. The number of aryl methyl sites for hydroxylation is 1. The van der Waals surface area contributed by atoms with E-state index in [-0.39, 0.29) is 30.1 Å². The van der Waals surface area contributed by atoms with E-state index in [2.05, 4.69) is 5.32 Å². The lowest BCUT2D eigenvalue weighted by Crippen LogP contribution is -2.37. The molecule has 1 fully saturated rings. The van der Waals surface area contributed by atoms with Crippen molar-refractivity contribution < 1.29 is 14.4 Å². The summed E-state index contributed by atoms with van der Waals surface area (Å²) < 4.78 is 0. The molecular weight excluding hydrogens is 376 g/mol. The maximum absolute atomic E-state index is 12.3. The van der Waals surface area contributed by atoms with E-state index >= 15 is 0 Å². The van der Waals surface area contributed by atoms with Crippen molar-refractivity contribution in [1.29, 1.82) is 0 Å². The second-order valence-electron chi connectivity index (χ2n) is 5.33. The van der Waals surface area contributed by atoms with Crippen LogP contribution >= 0.6 is 34.4 Å². The number of thiophene rings is 2. The number of amides is 3. The third-order valence-electron chi connectivity index (χ3n) is 3.57. The Labute approximate surface area is 157 Å². The number of imide groups is 1. The van der Waals surface area contributed by atoms with Crippen LogP contribution in [0.3, 0.4) is 0 Å². The second kappa shape index (κ2) is 8.46. The van der Waals surface area contributed by atoms with E-state index in [1.165, 1.54) is 16.2 Å². The topological polar surface area (TPSA) is 66.5 Å².